The predicted octanol–water partition coefficient (Wildman–Crippen LogP) is 3.23. The maximum Gasteiger partial charge on any atom is 0.331 e. The maximum absolute atomic E-state index is 12.2. The van der Waals surface area contributed by atoms with Gasteiger partial charge >= 0.3 is 5.97 Å². The molecule has 106 valence electrons. The first kappa shape index (κ1) is 15.3. The summed E-state index contributed by atoms with van der Waals surface area (Å²) in [6.45, 7) is 6.15. The van der Waals surface area contributed by atoms with Crippen molar-refractivity contribution in [3.05, 3.63) is 24.3 Å². The van der Waals surface area contributed by atoms with Gasteiger partial charge in [-0.2, -0.15) is 0 Å². The second kappa shape index (κ2) is 7.02. The SMILES string of the molecule is CCOC(=O)C(CC)(CC)Nc1ccccc1OC. The van der Waals surface area contributed by atoms with E-state index in [9.17, 15) is 4.79 Å². The van der Waals surface area contributed by atoms with Crippen LogP contribution in [0.3, 0.4) is 0 Å². The third-order valence-electron chi connectivity index (χ3n) is 3.35. The number of benzene rings is 1. The highest BCUT2D eigenvalue weighted by molar-refractivity contribution is 5.85. The van der Waals surface area contributed by atoms with E-state index in [0.29, 0.717) is 19.4 Å². The lowest BCUT2D eigenvalue weighted by Crippen LogP contribution is -2.46. The first-order valence-electron chi connectivity index (χ1n) is 6.72. The highest BCUT2D eigenvalue weighted by atomic mass is 16.5. The Bertz CT molecular complexity index is 414. The van der Waals surface area contributed by atoms with Crippen LogP contribution in [0.1, 0.15) is 33.6 Å². The summed E-state index contributed by atoms with van der Waals surface area (Å²) in [4.78, 5) is 12.2. The summed E-state index contributed by atoms with van der Waals surface area (Å²) in [5.41, 5.74) is 0.103. The maximum atomic E-state index is 12.2. The number of para-hydroxylation sites is 2. The molecule has 19 heavy (non-hydrogen) atoms. The zero-order chi connectivity index (χ0) is 14.3. The fraction of sp³-hybridized carbons (Fsp3) is 0.533. The van der Waals surface area contributed by atoms with Gasteiger partial charge in [0, 0.05) is 0 Å². The van der Waals surface area contributed by atoms with E-state index in [-0.39, 0.29) is 5.97 Å². The van der Waals surface area contributed by atoms with Crippen LogP contribution in [0.2, 0.25) is 0 Å². The quantitative estimate of drug-likeness (QED) is 0.769. The number of esters is 1. The van der Waals surface area contributed by atoms with Crippen molar-refractivity contribution in [2.75, 3.05) is 19.0 Å². The first-order chi connectivity index (χ1) is 9.13. The molecule has 0 fully saturated rings. The molecule has 0 aliphatic carbocycles. The number of ether oxygens (including phenoxy) is 2. The molecule has 0 saturated carbocycles. The molecule has 0 bridgehead atoms. The van der Waals surface area contributed by atoms with Crippen molar-refractivity contribution >= 4 is 11.7 Å². The number of anilines is 1. The average Bonchev–Trinajstić information content (AvgIpc) is 2.45. The van der Waals surface area contributed by atoms with Crippen LogP contribution in [-0.4, -0.2) is 25.2 Å². The van der Waals surface area contributed by atoms with E-state index in [1.807, 2.05) is 45.0 Å². The molecule has 1 aromatic carbocycles. The van der Waals surface area contributed by atoms with Crippen LogP contribution >= 0.6 is 0 Å². The summed E-state index contributed by atoms with van der Waals surface area (Å²) < 4.78 is 10.5. The van der Waals surface area contributed by atoms with Crippen LogP contribution < -0.4 is 10.1 Å². The Morgan fingerprint density at radius 2 is 1.84 bits per heavy atom. The molecule has 4 nitrogen and oxygen atoms in total. The molecule has 1 rings (SSSR count). The molecule has 0 radical (unpaired) electrons. The molecule has 0 atom stereocenters. The van der Waals surface area contributed by atoms with Gasteiger partial charge in [0.05, 0.1) is 19.4 Å². The van der Waals surface area contributed by atoms with E-state index in [4.69, 9.17) is 9.47 Å². The van der Waals surface area contributed by atoms with Gasteiger partial charge < -0.3 is 14.8 Å². The summed E-state index contributed by atoms with van der Waals surface area (Å²) >= 11 is 0. The molecule has 0 aliphatic heterocycles. The van der Waals surface area contributed by atoms with Gasteiger partial charge in [-0.1, -0.05) is 26.0 Å². The van der Waals surface area contributed by atoms with Gasteiger partial charge in [-0.3, -0.25) is 0 Å². The molecule has 1 N–H and O–H groups in total. The van der Waals surface area contributed by atoms with E-state index in [2.05, 4.69) is 5.32 Å². The van der Waals surface area contributed by atoms with E-state index in [1.54, 1.807) is 7.11 Å². The van der Waals surface area contributed by atoms with Crippen molar-refractivity contribution in [1.82, 2.24) is 0 Å². The number of rotatable bonds is 7. The Morgan fingerprint density at radius 3 is 2.37 bits per heavy atom. The van der Waals surface area contributed by atoms with Crippen LogP contribution in [0.15, 0.2) is 24.3 Å². The van der Waals surface area contributed by atoms with Crippen molar-refractivity contribution in [1.29, 1.82) is 0 Å². The minimum atomic E-state index is -0.704. The standard InChI is InChI=1S/C15H23NO3/c1-5-15(6-2,14(17)19-7-3)16-12-10-8-9-11-13(12)18-4/h8-11,16H,5-7H2,1-4H3. The largest absolute Gasteiger partial charge is 0.495 e. The molecule has 0 heterocycles. The van der Waals surface area contributed by atoms with Gasteiger partial charge in [-0.25, -0.2) is 4.79 Å². The van der Waals surface area contributed by atoms with Crippen molar-refractivity contribution in [3.63, 3.8) is 0 Å². The fourth-order valence-corrected chi connectivity index (χ4v) is 2.04. The summed E-state index contributed by atoms with van der Waals surface area (Å²) in [6, 6.07) is 7.57. The normalized spacial score (nSPS) is 10.9. The monoisotopic (exact) mass is 265 g/mol. The minimum absolute atomic E-state index is 0.217. The van der Waals surface area contributed by atoms with Crippen molar-refractivity contribution in [2.45, 2.75) is 39.2 Å². The molecule has 4 heteroatoms. The van der Waals surface area contributed by atoms with Crippen LogP contribution in [0, 0.1) is 0 Å². The molecule has 0 aliphatic rings. The summed E-state index contributed by atoms with van der Waals surface area (Å²) in [7, 11) is 1.62. The number of hydrogen-bond donors (Lipinski definition) is 1. The molecule has 0 saturated heterocycles. The van der Waals surface area contributed by atoms with Gasteiger partial charge in [-0.15, -0.1) is 0 Å². The Morgan fingerprint density at radius 1 is 1.21 bits per heavy atom. The number of nitrogens with one attached hydrogen (secondary N) is 1. The molecule has 0 unspecified atom stereocenters. The Labute approximate surface area is 115 Å². The van der Waals surface area contributed by atoms with Gasteiger partial charge in [0.2, 0.25) is 0 Å². The van der Waals surface area contributed by atoms with E-state index in [1.165, 1.54) is 0 Å². The van der Waals surface area contributed by atoms with Crippen LogP contribution in [0.4, 0.5) is 5.69 Å². The second-order valence-electron chi connectivity index (χ2n) is 4.33. The second-order valence-corrected chi connectivity index (χ2v) is 4.33. The predicted molar refractivity (Wildman–Crippen MR) is 76.6 cm³/mol. The first-order valence-corrected chi connectivity index (χ1v) is 6.72. The summed E-state index contributed by atoms with van der Waals surface area (Å²) in [5, 5.41) is 3.30. The molecule has 0 amide bonds. The van der Waals surface area contributed by atoms with E-state index >= 15 is 0 Å². The third kappa shape index (κ3) is 3.40. The van der Waals surface area contributed by atoms with Crippen LogP contribution in [0.5, 0.6) is 5.75 Å². The Hall–Kier alpha value is -1.71. The Balaban J connectivity index is 3.04. The molecule has 0 aromatic heterocycles. The molecule has 1 aromatic rings. The molecule has 0 spiro atoms. The highest BCUT2D eigenvalue weighted by Crippen LogP contribution is 2.30. The zero-order valence-electron chi connectivity index (χ0n) is 12.2. The topological polar surface area (TPSA) is 47.6 Å². The van der Waals surface area contributed by atoms with E-state index in [0.717, 1.165) is 11.4 Å². The van der Waals surface area contributed by atoms with Gasteiger partial charge in [0.15, 0.2) is 0 Å². The fourth-order valence-electron chi connectivity index (χ4n) is 2.04. The smallest absolute Gasteiger partial charge is 0.331 e. The van der Waals surface area contributed by atoms with Crippen molar-refractivity contribution < 1.29 is 14.3 Å². The van der Waals surface area contributed by atoms with Crippen molar-refractivity contribution in [3.8, 4) is 5.75 Å². The lowest BCUT2D eigenvalue weighted by molar-refractivity contribution is -0.148. The highest BCUT2D eigenvalue weighted by Gasteiger charge is 2.36. The van der Waals surface area contributed by atoms with Gasteiger partial charge in [0.1, 0.15) is 11.3 Å². The minimum Gasteiger partial charge on any atom is -0.495 e. The number of carbonyl (C=O) groups is 1. The number of methoxy groups -OCH3 is 1. The molecular weight excluding hydrogens is 242 g/mol. The number of carbonyl (C=O) groups excluding carboxylic acids is 1. The third-order valence-corrected chi connectivity index (χ3v) is 3.35. The van der Waals surface area contributed by atoms with Crippen LogP contribution in [-0.2, 0) is 9.53 Å². The van der Waals surface area contributed by atoms with E-state index < -0.39 is 5.54 Å². The lowest BCUT2D eigenvalue weighted by atomic mass is 9.92. The summed E-state index contributed by atoms with van der Waals surface area (Å²) in [6.07, 6.45) is 1.31. The molecular formula is C15H23NO3. The zero-order valence-corrected chi connectivity index (χ0v) is 12.2. The van der Waals surface area contributed by atoms with Gasteiger partial charge in [0.25, 0.3) is 0 Å². The number of hydrogen-bond acceptors (Lipinski definition) is 4. The Kier molecular flexibility index (Phi) is 5.67. The van der Waals surface area contributed by atoms with Crippen LogP contribution in [0.25, 0.3) is 0 Å². The van der Waals surface area contributed by atoms with Crippen molar-refractivity contribution in [2.24, 2.45) is 0 Å². The summed E-state index contributed by atoms with van der Waals surface area (Å²) in [5.74, 6) is 0.504. The lowest BCUT2D eigenvalue weighted by Gasteiger charge is -2.31. The average molecular weight is 265 g/mol. The van der Waals surface area contributed by atoms with Gasteiger partial charge in [-0.05, 0) is 31.9 Å².